The van der Waals surface area contributed by atoms with E-state index in [1.807, 2.05) is 17.0 Å². The zero-order chi connectivity index (χ0) is 12.5. The fourth-order valence-electron chi connectivity index (χ4n) is 2.03. The maximum atomic E-state index is 11.3. The van der Waals surface area contributed by atoms with Gasteiger partial charge in [0.1, 0.15) is 5.82 Å². The van der Waals surface area contributed by atoms with Gasteiger partial charge in [-0.15, -0.1) is 0 Å². The molecule has 2 rings (SSSR count). The number of carbonyl (C=O) groups is 1. The standard InChI is InChI=1S/C11H14BrN3O2/c12-8-3-1-5-14-9(8)15-6-2-4-11(17,7-15)10(13)16/h1,3,5,17H,2,4,6-7H2,(H2,13,16)/t11-/m1/s1. The molecular formula is C11H14BrN3O2. The quantitative estimate of drug-likeness (QED) is 0.841. The summed E-state index contributed by atoms with van der Waals surface area (Å²) in [5.74, 6) is 0.0566. The molecule has 0 spiro atoms. The number of β-amino-alcohol motifs (C(OH)–C–C–N with tert-alkyl or cyclic N) is 1. The molecule has 3 N–H and O–H groups in total. The molecule has 1 fully saturated rings. The lowest BCUT2D eigenvalue weighted by Crippen LogP contribution is -2.56. The predicted molar refractivity (Wildman–Crippen MR) is 67.5 cm³/mol. The van der Waals surface area contributed by atoms with E-state index in [0.717, 1.165) is 16.8 Å². The molecule has 17 heavy (non-hydrogen) atoms. The van der Waals surface area contributed by atoms with Crippen molar-refractivity contribution in [2.75, 3.05) is 18.0 Å². The molecule has 92 valence electrons. The van der Waals surface area contributed by atoms with E-state index in [1.54, 1.807) is 6.20 Å². The van der Waals surface area contributed by atoms with Crippen molar-refractivity contribution >= 4 is 27.7 Å². The number of piperidine rings is 1. The summed E-state index contributed by atoms with van der Waals surface area (Å²) in [5, 5.41) is 10.1. The molecular weight excluding hydrogens is 286 g/mol. The van der Waals surface area contributed by atoms with E-state index in [4.69, 9.17) is 5.73 Å². The van der Waals surface area contributed by atoms with Gasteiger partial charge in [-0.2, -0.15) is 0 Å². The van der Waals surface area contributed by atoms with Gasteiger partial charge in [0.25, 0.3) is 5.91 Å². The number of aromatic nitrogens is 1. The number of primary amides is 1. The maximum Gasteiger partial charge on any atom is 0.251 e. The second-order valence-electron chi connectivity index (χ2n) is 4.23. The minimum Gasteiger partial charge on any atom is -0.378 e. The van der Waals surface area contributed by atoms with Gasteiger partial charge in [0.05, 0.1) is 11.0 Å². The van der Waals surface area contributed by atoms with Gasteiger partial charge in [-0.05, 0) is 40.9 Å². The SMILES string of the molecule is NC(=O)[C@@]1(O)CCCN(c2ncccc2Br)C1. The Bertz CT molecular complexity index is 440. The number of nitrogens with zero attached hydrogens (tertiary/aromatic N) is 2. The molecule has 1 amide bonds. The molecule has 0 aromatic carbocycles. The summed E-state index contributed by atoms with van der Waals surface area (Å²) < 4.78 is 0.841. The fraction of sp³-hybridized carbons (Fsp3) is 0.455. The first-order valence-corrected chi connectivity index (χ1v) is 6.20. The molecule has 1 aromatic heterocycles. The van der Waals surface area contributed by atoms with Crippen LogP contribution in [-0.4, -0.2) is 34.7 Å². The van der Waals surface area contributed by atoms with Gasteiger partial charge in [0, 0.05) is 12.7 Å². The van der Waals surface area contributed by atoms with Gasteiger partial charge in [0.2, 0.25) is 0 Å². The smallest absolute Gasteiger partial charge is 0.251 e. The van der Waals surface area contributed by atoms with Crippen LogP contribution in [0.15, 0.2) is 22.8 Å². The highest BCUT2D eigenvalue weighted by Crippen LogP contribution is 2.29. The zero-order valence-corrected chi connectivity index (χ0v) is 10.9. The van der Waals surface area contributed by atoms with Crippen LogP contribution in [0.3, 0.4) is 0 Å². The van der Waals surface area contributed by atoms with Crippen molar-refractivity contribution in [1.82, 2.24) is 4.98 Å². The van der Waals surface area contributed by atoms with E-state index in [9.17, 15) is 9.90 Å². The predicted octanol–water partition coefficient (Wildman–Crippen LogP) is 0.661. The molecule has 0 saturated carbocycles. The van der Waals surface area contributed by atoms with Crippen molar-refractivity contribution in [3.8, 4) is 0 Å². The molecule has 2 heterocycles. The van der Waals surface area contributed by atoms with Gasteiger partial charge in [0.15, 0.2) is 5.60 Å². The van der Waals surface area contributed by atoms with Gasteiger partial charge in [-0.1, -0.05) is 0 Å². The number of rotatable bonds is 2. The topological polar surface area (TPSA) is 79.5 Å². The van der Waals surface area contributed by atoms with Crippen LogP contribution in [0.4, 0.5) is 5.82 Å². The molecule has 6 heteroatoms. The van der Waals surface area contributed by atoms with Crippen molar-refractivity contribution in [3.05, 3.63) is 22.8 Å². The highest BCUT2D eigenvalue weighted by atomic mass is 79.9. The molecule has 5 nitrogen and oxygen atoms in total. The van der Waals surface area contributed by atoms with Crippen LogP contribution in [0.1, 0.15) is 12.8 Å². The third-order valence-corrected chi connectivity index (χ3v) is 3.59. The van der Waals surface area contributed by atoms with Crippen molar-refractivity contribution in [2.45, 2.75) is 18.4 Å². The number of amides is 1. The van der Waals surface area contributed by atoms with E-state index in [0.29, 0.717) is 12.8 Å². The van der Waals surface area contributed by atoms with E-state index >= 15 is 0 Å². The second kappa shape index (κ2) is 4.62. The number of aliphatic hydroxyl groups is 1. The Kier molecular flexibility index (Phi) is 3.35. The van der Waals surface area contributed by atoms with Crippen molar-refractivity contribution in [3.63, 3.8) is 0 Å². The number of hydrogen-bond acceptors (Lipinski definition) is 4. The first kappa shape index (κ1) is 12.3. The molecule has 0 radical (unpaired) electrons. The minimum atomic E-state index is -1.45. The third-order valence-electron chi connectivity index (χ3n) is 2.97. The zero-order valence-electron chi connectivity index (χ0n) is 9.27. The Balaban J connectivity index is 2.24. The second-order valence-corrected chi connectivity index (χ2v) is 5.08. The van der Waals surface area contributed by atoms with Gasteiger partial charge in [-0.25, -0.2) is 4.98 Å². The van der Waals surface area contributed by atoms with Crippen LogP contribution >= 0.6 is 15.9 Å². The molecule has 0 unspecified atom stereocenters. The molecule has 1 atom stereocenters. The summed E-state index contributed by atoms with van der Waals surface area (Å²) in [7, 11) is 0. The van der Waals surface area contributed by atoms with Gasteiger partial charge >= 0.3 is 0 Å². The number of nitrogens with two attached hydrogens (primary N) is 1. The summed E-state index contributed by atoms with van der Waals surface area (Å²) in [6.45, 7) is 0.948. The summed E-state index contributed by atoms with van der Waals surface area (Å²) in [4.78, 5) is 17.4. The summed E-state index contributed by atoms with van der Waals surface area (Å²) in [6.07, 6.45) is 2.80. The Labute approximate surface area is 108 Å². The van der Waals surface area contributed by atoms with E-state index < -0.39 is 11.5 Å². The lowest BCUT2D eigenvalue weighted by Gasteiger charge is -2.37. The average molecular weight is 300 g/mol. The van der Waals surface area contributed by atoms with Crippen molar-refractivity contribution < 1.29 is 9.90 Å². The Hall–Kier alpha value is -1.14. The summed E-state index contributed by atoms with van der Waals surface area (Å²) in [5.41, 5.74) is 3.78. The van der Waals surface area contributed by atoms with Crippen LogP contribution in [0.25, 0.3) is 0 Å². The first-order chi connectivity index (χ1) is 8.03. The Morgan fingerprint density at radius 1 is 1.65 bits per heavy atom. The molecule has 0 aliphatic carbocycles. The molecule has 1 saturated heterocycles. The third kappa shape index (κ3) is 2.42. The van der Waals surface area contributed by atoms with E-state index in [1.165, 1.54) is 0 Å². The Morgan fingerprint density at radius 3 is 3.06 bits per heavy atom. The highest BCUT2D eigenvalue weighted by molar-refractivity contribution is 9.10. The summed E-state index contributed by atoms with van der Waals surface area (Å²) >= 11 is 3.40. The van der Waals surface area contributed by atoms with Crippen LogP contribution in [0.2, 0.25) is 0 Å². The lowest BCUT2D eigenvalue weighted by molar-refractivity contribution is -0.137. The molecule has 1 aromatic rings. The maximum absolute atomic E-state index is 11.3. The van der Waals surface area contributed by atoms with Crippen LogP contribution in [0.5, 0.6) is 0 Å². The van der Waals surface area contributed by atoms with Crippen molar-refractivity contribution in [2.24, 2.45) is 5.73 Å². The van der Waals surface area contributed by atoms with Gasteiger partial charge in [-0.3, -0.25) is 4.79 Å². The van der Waals surface area contributed by atoms with Crippen LogP contribution in [-0.2, 0) is 4.79 Å². The largest absolute Gasteiger partial charge is 0.378 e. The molecule has 1 aliphatic rings. The first-order valence-electron chi connectivity index (χ1n) is 5.41. The molecule has 0 bridgehead atoms. The molecule has 1 aliphatic heterocycles. The number of pyridine rings is 1. The van der Waals surface area contributed by atoms with Crippen LogP contribution in [0, 0.1) is 0 Å². The summed E-state index contributed by atoms with van der Waals surface area (Å²) in [6, 6.07) is 3.69. The monoisotopic (exact) mass is 299 g/mol. The van der Waals surface area contributed by atoms with E-state index in [2.05, 4.69) is 20.9 Å². The normalized spacial score (nSPS) is 24.7. The average Bonchev–Trinajstić information content (AvgIpc) is 2.29. The number of hydrogen-bond donors (Lipinski definition) is 2. The van der Waals surface area contributed by atoms with Crippen LogP contribution < -0.4 is 10.6 Å². The highest BCUT2D eigenvalue weighted by Gasteiger charge is 2.39. The number of anilines is 1. The minimum absolute atomic E-state index is 0.192. The number of halogens is 1. The van der Waals surface area contributed by atoms with Crippen molar-refractivity contribution in [1.29, 1.82) is 0 Å². The van der Waals surface area contributed by atoms with E-state index in [-0.39, 0.29) is 6.54 Å². The number of carbonyl (C=O) groups excluding carboxylic acids is 1. The lowest BCUT2D eigenvalue weighted by atomic mass is 9.92. The fourth-order valence-corrected chi connectivity index (χ4v) is 2.53. The van der Waals surface area contributed by atoms with Gasteiger partial charge < -0.3 is 15.7 Å². The Morgan fingerprint density at radius 2 is 2.41 bits per heavy atom.